The molecule has 1 N–H and O–H groups in total. The number of piperazine rings is 1. The summed E-state index contributed by atoms with van der Waals surface area (Å²) in [7, 11) is 0. The van der Waals surface area contributed by atoms with Gasteiger partial charge in [0.15, 0.2) is 11.6 Å². The third-order valence-corrected chi connectivity index (χ3v) is 10.5. The highest BCUT2D eigenvalue weighted by Crippen LogP contribution is 2.46. The number of alkyl halides is 1. The summed E-state index contributed by atoms with van der Waals surface area (Å²) in [5.41, 5.74) is 4.00. The highest BCUT2D eigenvalue weighted by molar-refractivity contribution is 6.04. The second-order valence-corrected chi connectivity index (χ2v) is 13.8. The van der Waals surface area contributed by atoms with Crippen molar-refractivity contribution in [3.05, 3.63) is 59.8 Å². The highest BCUT2D eigenvalue weighted by atomic mass is 19.1. The van der Waals surface area contributed by atoms with E-state index in [9.17, 15) is 13.6 Å². The second kappa shape index (κ2) is 12.2. The Hall–Kier alpha value is -4.83. The number of nitrogens with zero attached hydrogens (tertiary/aromatic N) is 7. The van der Waals surface area contributed by atoms with Crippen LogP contribution >= 0.6 is 0 Å². The number of benzene rings is 2. The Morgan fingerprint density at radius 3 is 2.82 bits per heavy atom. The van der Waals surface area contributed by atoms with Crippen molar-refractivity contribution in [3.8, 4) is 22.9 Å². The van der Waals surface area contributed by atoms with Crippen LogP contribution in [0.15, 0.2) is 42.9 Å². The number of rotatable bonds is 9. The Kier molecular flexibility index (Phi) is 7.86. The zero-order chi connectivity index (χ0) is 33.9. The molecule has 1 saturated carbocycles. The van der Waals surface area contributed by atoms with Crippen LogP contribution in [-0.2, 0) is 4.79 Å². The van der Waals surface area contributed by atoms with E-state index in [0.29, 0.717) is 36.6 Å². The van der Waals surface area contributed by atoms with Crippen LogP contribution in [0, 0.1) is 13.5 Å². The van der Waals surface area contributed by atoms with Gasteiger partial charge >= 0.3 is 6.01 Å². The molecule has 3 atom stereocenters. The average molecular weight is 669 g/mol. The van der Waals surface area contributed by atoms with Crippen molar-refractivity contribution in [2.24, 2.45) is 0 Å². The van der Waals surface area contributed by atoms with Crippen molar-refractivity contribution >= 4 is 33.5 Å². The predicted molar refractivity (Wildman–Crippen MR) is 181 cm³/mol. The summed E-state index contributed by atoms with van der Waals surface area (Å²) in [6, 6.07) is 7.65. The zero-order valence-corrected chi connectivity index (χ0v) is 27.4. The molecule has 5 heterocycles. The van der Waals surface area contributed by atoms with Gasteiger partial charge in [-0.25, -0.2) is 15.4 Å². The Morgan fingerprint density at radius 2 is 2.02 bits per heavy atom. The number of anilines is 1. The van der Waals surface area contributed by atoms with Crippen molar-refractivity contribution in [3.63, 3.8) is 0 Å². The van der Waals surface area contributed by atoms with E-state index in [1.807, 2.05) is 29.3 Å². The number of carbonyl (C=O) groups is 1. The number of fused-ring (bicyclic) bond motifs is 3. The molecule has 3 aliphatic heterocycles. The van der Waals surface area contributed by atoms with Gasteiger partial charge in [0.2, 0.25) is 6.54 Å². The normalized spacial score (nSPS) is 24.0. The van der Waals surface area contributed by atoms with E-state index in [0.717, 1.165) is 65.2 Å². The van der Waals surface area contributed by atoms with Gasteiger partial charge in [-0.3, -0.25) is 14.8 Å². The molecule has 3 saturated heterocycles. The van der Waals surface area contributed by atoms with Crippen molar-refractivity contribution in [1.82, 2.24) is 30.0 Å². The zero-order valence-electron chi connectivity index (χ0n) is 27.4. The van der Waals surface area contributed by atoms with Crippen molar-refractivity contribution in [2.45, 2.75) is 62.9 Å². The van der Waals surface area contributed by atoms with E-state index in [4.69, 9.17) is 26.0 Å². The SMILES string of the molecule is [C-]#[N+]C[C@H]1CN(c2nc(OC[C@@]34CCCN3C[C@H](F)C4)nc3c(OC4CC4)c(-c4c(C)ccc5[nH]ncc45)ccc23)CCN1C(=O)C(=C)F. The van der Waals surface area contributed by atoms with Gasteiger partial charge in [-0.05, 0) is 68.5 Å². The van der Waals surface area contributed by atoms with Crippen molar-refractivity contribution < 1.29 is 23.0 Å². The van der Waals surface area contributed by atoms with Crippen LogP contribution in [-0.4, -0.2) is 106 Å². The summed E-state index contributed by atoms with van der Waals surface area (Å²) in [6.45, 7) is 15.1. The Balaban J connectivity index is 1.26. The third kappa shape index (κ3) is 5.61. The standard InChI is InChI=1S/C36H38F2N8O3/c1-21-5-10-29-28(17-40-43-29)30(21)26-8-9-27-31(32(26)49-25-6-7-25)41-35(48-20-36-11-4-12-45(36)18-23(38)15-36)42-33(27)44-13-14-46(34(47)22(2)37)24(19-44)16-39-3/h5,8-10,17,23-25H,2,4,6-7,11-16,18-20H2,1H3,(H,40,43)/t23-,24+,36+/m1/s1. The lowest BCUT2D eigenvalue weighted by atomic mass is 9.94. The number of hydrogen-bond donors (Lipinski definition) is 1. The summed E-state index contributed by atoms with van der Waals surface area (Å²) in [5, 5.41) is 9.07. The maximum atomic E-state index is 14.6. The number of ether oxygens (including phenoxy) is 2. The van der Waals surface area contributed by atoms with E-state index in [-0.39, 0.29) is 38.4 Å². The molecule has 254 valence electrons. The minimum absolute atomic E-state index is 0.00117. The molecule has 1 amide bonds. The first-order chi connectivity index (χ1) is 23.7. The molecule has 13 heteroatoms. The fourth-order valence-corrected chi connectivity index (χ4v) is 7.97. The van der Waals surface area contributed by atoms with E-state index in [1.54, 1.807) is 0 Å². The Labute approximate surface area is 282 Å². The third-order valence-electron chi connectivity index (χ3n) is 10.5. The monoisotopic (exact) mass is 668 g/mol. The molecule has 4 aromatic rings. The molecule has 8 rings (SSSR count). The van der Waals surface area contributed by atoms with Gasteiger partial charge < -0.3 is 24.1 Å². The topological polar surface area (TPSA) is 104 Å². The number of nitrogens with one attached hydrogen (secondary N) is 1. The van der Waals surface area contributed by atoms with Crippen LogP contribution in [0.5, 0.6) is 11.8 Å². The number of amides is 1. The maximum absolute atomic E-state index is 14.6. The highest BCUT2D eigenvalue weighted by Gasteiger charge is 2.49. The Bertz CT molecular complexity index is 2010. The number of aryl methyl sites for hydroxylation is 1. The van der Waals surface area contributed by atoms with Gasteiger partial charge in [-0.1, -0.05) is 12.6 Å². The molecule has 0 unspecified atom stereocenters. The van der Waals surface area contributed by atoms with Crippen LogP contribution in [0.4, 0.5) is 14.6 Å². The van der Waals surface area contributed by atoms with Gasteiger partial charge in [-0.15, -0.1) is 0 Å². The number of aromatic amines is 1. The number of H-pyrrole nitrogens is 1. The molecule has 0 radical (unpaired) electrons. The maximum Gasteiger partial charge on any atom is 0.319 e. The summed E-state index contributed by atoms with van der Waals surface area (Å²) < 4.78 is 41.8. The summed E-state index contributed by atoms with van der Waals surface area (Å²) in [5.74, 6) is -0.661. The smallest absolute Gasteiger partial charge is 0.319 e. The summed E-state index contributed by atoms with van der Waals surface area (Å²) >= 11 is 0. The lowest BCUT2D eigenvalue weighted by Crippen LogP contribution is -2.56. The minimum Gasteiger partial charge on any atom is -0.487 e. The van der Waals surface area contributed by atoms with Gasteiger partial charge in [0, 0.05) is 48.9 Å². The first-order valence-corrected chi connectivity index (χ1v) is 16.9. The molecule has 2 aromatic carbocycles. The van der Waals surface area contributed by atoms with E-state index in [2.05, 4.69) is 39.5 Å². The number of carbonyl (C=O) groups excluding carboxylic acids is 1. The van der Waals surface area contributed by atoms with Crippen molar-refractivity contribution in [1.29, 1.82) is 0 Å². The minimum atomic E-state index is -1.05. The first kappa shape index (κ1) is 31.4. The molecule has 1 aliphatic carbocycles. The average Bonchev–Trinajstić information content (AvgIpc) is 3.48. The molecule has 0 bridgehead atoms. The van der Waals surface area contributed by atoms with Crippen LogP contribution in [0.25, 0.3) is 37.8 Å². The molecule has 49 heavy (non-hydrogen) atoms. The largest absolute Gasteiger partial charge is 0.487 e. The van der Waals surface area contributed by atoms with Crippen LogP contribution in [0.2, 0.25) is 0 Å². The van der Waals surface area contributed by atoms with Gasteiger partial charge in [0.05, 0.1) is 23.4 Å². The van der Waals surface area contributed by atoms with Gasteiger partial charge in [0.25, 0.3) is 5.91 Å². The second-order valence-electron chi connectivity index (χ2n) is 13.8. The predicted octanol–water partition coefficient (Wildman–Crippen LogP) is 5.40. The van der Waals surface area contributed by atoms with Crippen LogP contribution < -0.4 is 14.4 Å². The number of aromatic nitrogens is 4. The number of halogens is 2. The lowest BCUT2D eigenvalue weighted by molar-refractivity contribution is -0.131. The van der Waals surface area contributed by atoms with Crippen LogP contribution in [0.1, 0.15) is 37.7 Å². The fraction of sp³-hybridized carbons (Fsp3) is 0.472. The van der Waals surface area contributed by atoms with Gasteiger partial charge in [-0.2, -0.15) is 15.1 Å². The molecular formula is C36H38F2N8O3. The molecule has 4 fully saturated rings. The molecule has 0 spiro atoms. The van der Waals surface area contributed by atoms with Crippen LogP contribution in [0.3, 0.4) is 0 Å². The molecular weight excluding hydrogens is 630 g/mol. The van der Waals surface area contributed by atoms with E-state index in [1.165, 1.54) is 4.90 Å². The number of hydrogen-bond acceptors (Lipinski definition) is 8. The van der Waals surface area contributed by atoms with E-state index >= 15 is 0 Å². The first-order valence-electron chi connectivity index (χ1n) is 16.9. The van der Waals surface area contributed by atoms with Crippen molar-refractivity contribution in [2.75, 3.05) is 50.8 Å². The molecule has 4 aliphatic rings. The Morgan fingerprint density at radius 1 is 1.16 bits per heavy atom. The quantitative estimate of drug-likeness (QED) is 0.187. The van der Waals surface area contributed by atoms with E-state index < -0.39 is 29.5 Å². The summed E-state index contributed by atoms with van der Waals surface area (Å²) in [4.78, 5) is 31.8. The lowest BCUT2D eigenvalue weighted by Gasteiger charge is -2.39. The van der Waals surface area contributed by atoms with Gasteiger partial charge in [0.1, 0.15) is 30.2 Å². The molecule has 11 nitrogen and oxygen atoms in total. The molecule has 2 aromatic heterocycles. The fourth-order valence-electron chi connectivity index (χ4n) is 7.97. The summed E-state index contributed by atoms with van der Waals surface area (Å²) in [6.07, 6.45) is 5.08.